The van der Waals surface area contributed by atoms with Gasteiger partial charge in [-0.05, 0) is 12.1 Å². The minimum Gasteiger partial charge on any atom is -0.382 e. The van der Waals surface area contributed by atoms with Crippen LogP contribution in [0.4, 0.5) is 14.5 Å². The van der Waals surface area contributed by atoms with Crippen LogP contribution in [0.5, 0.6) is 0 Å². The fourth-order valence-corrected chi connectivity index (χ4v) is 1.17. The molecule has 0 unspecified atom stereocenters. The molecule has 4 nitrogen and oxygen atoms in total. The zero-order valence-corrected chi connectivity index (χ0v) is 9.87. The molecule has 0 aliphatic carbocycles. The largest absolute Gasteiger partial charge is 0.382 e. The standard InChI is InChI=1S/C12H11F2N3O/c1-17(2)7-8(6-15)12(18)16-9-3-4-10(13)11(14)5-9/h3-5,7H,1-2H3,(H,16,18)/b8-7+. The minimum atomic E-state index is -1.07. The Labute approximate surface area is 103 Å². The second-order valence-electron chi connectivity index (χ2n) is 3.70. The summed E-state index contributed by atoms with van der Waals surface area (Å²) in [6, 6.07) is 4.67. The number of carbonyl (C=O) groups is 1. The summed E-state index contributed by atoms with van der Waals surface area (Å²) in [5, 5.41) is 11.1. The van der Waals surface area contributed by atoms with Crippen molar-refractivity contribution in [2.45, 2.75) is 0 Å². The minimum absolute atomic E-state index is 0.0822. The van der Waals surface area contributed by atoms with Crippen LogP contribution in [0.1, 0.15) is 0 Å². The highest BCUT2D eigenvalue weighted by molar-refractivity contribution is 6.06. The van der Waals surface area contributed by atoms with Gasteiger partial charge in [0, 0.05) is 32.0 Å². The first-order chi connectivity index (χ1) is 8.43. The summed E-state index contributed by atoms with van der Waals surface area (Å²) in [5.74, 6) is -2.75. The molecule has 0 saturated carbocycles. The number of carbonyl (C=O) groups excluding carboxylic acids is 1. The molecule has 94 valence electrons. The summed E-state index contributed by atoms with van der Waals surface area (Å²) in [6.45, 7) is 0. The van der Waals surface area contributed by atoms with Crippen molar-refractivity contribution in [3.8, 4) is 6.07 Å². The van der Waals surface area contributed by atoms with E-state index in [0.717, 1.165) is 12.1 Å². The van der Waals surface area contributed by atoms with Gasteiger partial charge in [0.25, 0.3) is 5.91 Å². The number of hydrogen-bond acceptors (Lipinski definition) is 3. The highest BCUT2D eigenvalue weighted by atomic mass is 19.2. The summed E-state index contributed by atoms with van der Waals surface area (Å²) in [7, 11) is 3.31. The molecule has 0 fully saturated rings. The number of halogens is 2. The summed E-state index contributed by atoms with van der Waals surface area (Å²) in [5.41, 5.74) is -0.0523. The fraction of sp³-hybridized carbons (Fsp3) is 0.167. The number of rotatable bonds is 3. The lowest BCUT2D eigenvalue weighted by molar-refractivity contribution is -0.112. The number of nitriles is 1. The van der Waals surface area contributed by atoms with Crippen molar-refractivity contribution in [1.29, 1.82) is 5.26 Å². The first-order valence-corrected chi connectivity index (χ1v) is 4.99. The van der Waals surface area contributed by atoms with Crippen molar-refractivity contribution in [2.75, 3.05) is 19.4 Å². The normalized spacial score (nSPS) is 10.7. The number of nitrogens with zero attached hydrogens (tertiary/aromatic N) is 2. The Hall–Kier alpha value is -2.42. The first-order valence-electron chi connectivity index (χ1n) is 4.99. The van der Waals surface area contributed by atoms with Gasteiger partial charge in [0.15, 0.2) is 11.6 Å². The molecule has 0 aromatic heterocycles. The Morgan fingerprint density at radius 3 is 2.56 bits per heavy atom. The molecule has 1 rings (SSSR count). The summed E-state index contributed by atoms with van der Waals surface area (Å²) < 4.78 is 25.6. The van der Waals surface area contributed by atoms with E-state index >= 15 is 0 Å². The van der Waals surface area contributed by atoms with Gasteiger partial charge >= 0.3 is 0 Å². The van der Waals surface area contributed by atoms with Gasteiger partial charge < -0.3 is 10.2 Å². The third-order valence-electron chi connectivity index (χ3n) is 1.93. The van der Waals surface area contributed by atoms with Gasteiger partial charge in [-0.25, -0.2) is 8.78 Å². The molecule has 1 N–H and O–H groups in total. The van der Waals surface area contributed by atoms with Gasteiger partial charge in [0.05, 0.1) is 0 Å². The van der Waals surface area contributed by atoms with Crippen molar-refractivity contribution in [3.63, 3.8) is 0 Å². The van der Waals surface area contributed by atoms with Crippen LogP contribution in [-0.2, 0) is 4.79 Å². The smallest absolute Gasteiger partial charge is 0.267 e. The zero-order valence-electron chi connectivity index (χ0n) is 9.87. The number of benzene rings is 1. The molecule has 6 heteroatoms. The van der Waals surface area contributed by atoms with Gasteiger partial charge in [-0.15, -0.1) is 0 Å². The van der Waals surface area contributed by atoms with Crippen LogP contribution in [0.2, 0.25) is 0 Å². The molecule has 1 aromatic carbocycles. The SMILES string of the molecule is CN(C)/C=C(\C#N)C(=O)Nc1ccc(F)c(F)c1. The van der Waals surface area contributed by atoms with Crippen LogP contribution in [0, 0.1) is 23.0 Å². The van der Waals surface area contributed by atoms with Crippen LogP contribution in [0.25, 0.3) is 0 Å². The molecule has 0 saturated heterocycles. The highest BCUT2D eigenvalue weighted by Crippen LogP contribution is 2.13. The average Bonchev–Trinajstić information content (AvgIpc) is 2.30. The molecule has 1 aromatic rings. The van der Waals surface area contributed by atoms with Crippen LogP contribution < -0.4 is 5.32 Å². The summed E-state index contributed by atoms with van der Waals surface area (Å²) >= 11 is 0. The van der Waals surface area contributed by atoms with E-state index in [1.807, 2.05) is 0 Å². The maximum absolute atomic E-state index is 12.9. The van der Waals surface area contributed by atoms with Crippen LogP contribution in [0.3, 0.4) is 0 Å². The molecule has 0 heterocycles. The maximum Gasteiger partial charge on any atom is 0.267 e. The molecule has 18 heavy (non-hydrogen) atoms. The molecule has 0 atom stereocenters. The predicted octanol–water partition coefficient (Wildman–Crippen LogP) is 1.87. The van der Waals surface area contributed by atoms with Crippen molar-refractivity contribution in [1.82, 2.24) is 4.90 Å². The molecule has 1 amide bonds. The van der Waals surface area contributed by atoms with Gasteiger partial charge in [-0.1, -0.05) is 0 Å². The lowest BCUT2D eigenvalue weighted by atomic mass is 10.2. The van der Waals surface area contributed by atoms with E-state index in [-0.39, 0.29) is 11.3 Å². The highest BCUT2D eigenvalue weighted by Gasteiger charge is 2.11. The van der Waals surface area contributed by atoms with E-state index in [0.29, 0.717) is 0 Å². The third-order valence-corrected chi connectivity index (χ3v) is 1.93. The molecule has 0 radical (unpaired) electrons. The number of nitrogens with one attached hydrogen (secondary N) is 1. The maximum atomic E-state index is 12.9. The molecular weight excluding hydrogens is 240 g/mol. The van der Waals surface area contributed by atoms with Crippen molar-refractivity contribution >= 4 is 11.6 Å². The van der Waals surface area contributed by atoms with E-state index in [4.69, 9.17) is 5.26 Å². The molecule has 0 aliphatic rings. The number of amides is 1. The lowest BCUT2D eigenvalue weighted by Gasteiger charge is -2.07. The van der Waals surface area contributed by atoms with Gasteiger partial charge in [-0.3, -0.25) is 4.79 Å². The van der Waals surface area contributed by atoms with Crippen molar-refractivity contribution in [2.24, 2.45) is 0 Å². The monoisotopic (exact) mass is 251 g/mol. The predicted molar refractivity (Wildman–Crippen MR) is 62.4 cm³/mol. The Morgan fingerprint density at radius 2 is 2.06 bits per heavy atom. The van der Waals surface area contributed by atoms with Crippen LogP contribution >= 0.6 is 0 Å². The Kier molecular flexibility index (Phi) is 4.38. The van der Waals surface area contributed by atoms with Crippen molar-refractivity contribution in [3.05, 3.63) is 41.6 Å². The van der Waals surface area contributed by atoms with Gasteiger partial charge in [-0.2, -0.15) is 5.26 Å². The summed E-state index contributed by atoms with van der Waals surface area (Å²) in [4.78, 5) is 13.2. The van der Waals surface area contributed by atoms with Crippen LogP contribution in [0.15, 0.2) is 30.0 Å². The zero-order chi connectivity index (χ0) is 13.7. The molecule has 0 aliphatic heterocycles. The molecule has 0 bridgehead atoms. The third kappa shape index (κ3) is 3.56. The average molecular weight is 251 g/mol. The lowest BCUT2D eigenvalue weighted by Crippen LogP contribution is -2.16. The van der Waals surface area contributed by atoms with E-state index in [1.54, 1.807) is 20.2 Å². The Balaban J connectivity index is 2.87. The Bertz CT molecular complexity index is 533. The van der Waals surface area contributed by atoms with E-state index in [1.165, 1.54) is 17.2 Å². The molecular formula is C12H11F2N3O. The van der Waals surface area contributed by atoms with E-state index in [9.17, 15) is 13.6 Å². The van der Waals surface area contributed by atoms with E-state index < -0.39 is 17.5 Å². The second-order valence-corrected chi connectivity index (χ2v) is 3.70. The second kappa shape index (κ2) is 5.77. The van der Waals surface area contributed by atoms with Crippen molar-refractivity contribution < 1.29 is 13.6 Å². The van der Waals surface area contributed by atoms with Crippen LogP contribution in [-0.4, -0.2) is 24.9 Å². The number of hydrogen-bond donors (Lipinski definition) is 1. The molecule has 0 spiro atoms. The summed E-state index contributed by atoms with van der Waals surface area (Å²) in [6.07, 6.45) is 1.33. The Morgan fingerprint density at radius 1 is 1.39 bits per heavy atom. The quantitative estimate of drug-likeness (QED) is 0.659. The fourth-order valence-electron chi connectivity index (χ4n) is 1.17. The first kappa shape index (κ1) is 13.6. The van der Waals surface area contributed by atoms with Gasteiger partial charge in [0.1, 0.15) is 11.6 Å². The van der Waals surface area contributed by atoms with E-state index in [2.05, 4.69) is 5.32 Å². The topological polar surface area (TPSA) is 56.1 Å². The number of anilines is 1. The van der Waals surface area contributed by atoms with Gasteiger partial charge in [0.2, 0.25) is 0 Å².